The Kier molecular flexibility index (Phi) is 5.78. The molecule has 1 N–H and O–H groups in total. The number of esters is 1. The summed E-state index contributed by atoms with van der Waals surface area (Å²) in [6.07, 6.45) is 1.08. The van der Waals surface area contributed by atoms with Crippen molar-refractivity contribution in [2.45, 2.75) is 46.5 Å². The fraction of sp³-hybridized carbons (Fsp3) is 0.545. The van der Waals surface area contributed by atoms with Gasteiger partial charge >= 0.3 is 5.97 Å². The van der Waals surface area contributed by atoms with Gasteiger partial charge in [0.15, 0.2) is 12.4 Å². The van der Waals surface area contributed by atoms with E-state index in [0.29, 0.717) is 37.2 Å². The van der Waals surface area contributed by atoms with E-state index in [1.165, 1.54) is 0 Å². The highest BCUT2D eigenvalue weighted by molar-refractivity contribution is 6.05. The summed E-state index contributed by atoms with van der Waals surface area (Å²) in [6, 6.07) is 5.02. The Morgan fingerprint density at radius 1 is 1.17 bits per heavy atom. The van der Waals surface area contributed by atoms with Gasteiger partial charge in [-0.3, -0.25) is 19.2 Å². The second-order valence-corrected chi connectivity index (χ2v) is 8.86. The number of hydrogen-bond acceptors (Lipinski definition) is 5. The number of nitrogens with one attached hydrogen (secondary N) is 1. The number of hydrogen-bond donors (Lipinski definition) is 1. The third-order valence-corrected chi connectivity index (χ3v) is 5.59. The number of Topliss-reactive ketones (excluding diaryl/α,β-unsaturated/α-hetero) is 1. The summed E-state index contributed by atoms with van der Waals surface area (Å²) in [4.78, 5) is 50.6. The average Bonchev–Trinajstić information content (AvgIpc) is 2.98. The van der Waals surface area contributed by atoms with Crippen molar-refractivity contribution >= 4 is 29.3 Å². The number of carbonyl (C=O) groups is 4. The minimum absolute atomic E-state index is 0.0818. The molecule has 0 spiro atoms. The fourth-order valence-corrected chi connectivity index (χ4v) is 3.72. The molecule has 156 valence electrons. The molecule has 1 aromatic rings. The molecular formula is C22H28N2O5. The van der Waals surface area contributed by atoms with Crippen LogP contribution in [0.25, 0.3) is 0 Å². The quantitative estimate of drug-likeness (QED) is 0.620. The van der Waals surface area contributed by atoms with E-state index in [1.54, 1.807) is 30.0 Å². The molecular weight excluding hydrogens is 372 g/mol. The van der Waals surface area contributed by atoms with Crippen LogP contribution in [0.1, 0.15) is 62.4 Å². The monoisotopic (exact) mass is 400 g/mol. The fourth-order valence-electron chi connectivity index (χ4n) is 3.72. The number of piperidine rings is 1. The number of amides is 2. The smallest absolute Gasteiger partial charge is 0.309 e. The van der Waals surface area contributed by atoms with Crippen molar-refractivity contribution in [3.63, 3.8) is 0 Å². The molecule has 0 saturated carbocycles. The normalized spacial score (nSPS) is 19.5. The Bertz CT molecular complexity index is 847. The van der Waals surface area contributed by atoms with Crippen molar-refractivity contribution in [2.24, 2.45) is 11.3 Å². The molecule has 1 saturated heterocycles. The first kappa shape index (κ1) is 21.0. The van der Waals surface area contributed by atoms with Crippen molar-refractivity contribution in [1.82, 2.24) is 4.90 Å². The van der Waals surface area contributed by atoms with Gasteiger partial charge in [0, 0.05) is 29.8 Å². The predicted octanol–water partition coefficient (Wildman–Crippen LogP) is 2.75. The molecule has 2 amide bonds. The van der Waals surface area contributed by atoms with E-state index in [1.807, 2.05) is 20.8 Å². The van der Waals surface area contributed by atoms with Gasteiger partial charge in [0.1, 0.15) is 0 Å². The van der Waals surface area contributed by atoms with Crippen LogP contribution < -0.4 is 5.32 Å². The van der Waals surface area contributed by atoms with E-state index < -0.39 is 11.4 Å². The summed E-state index contributed by atoms with van der Waals surface area (Å²) in [5.41, 5.74) is 1.48. The lowest BCUT2D eigenvalue weighted by atomic mass is 9.91. The number of anilines is 1. The number of likely N-dealkylation sites (tertiary alicyclic amines) is 1. The second kappa shape index (κ2) is 7.97. The zero-order valence-corrected chi connectivity index (χ0v) is 17.4. The van der Waals surface area contributed by atoms with Crippen LogP contribution in [0.3, 0.4) is 0 Å². The van der Waals surface area contributed by atoms with E-state index in [-0.39, 0.29) is 36.0 Å². The van der Waals surface area contributed by atoms with Gasteiger partial charge in [-0.2, -0.15) is 0 Å². The molecule has 0 aliphatic carbocycles. The summed E-state index contributed by atoms with van der Waals surface area (Å²) in [5, 5.41) is 2.76. The number of rotatable bonds is 4. The van der Waals surface area contributed by atoms with Gasteiger partial charge in [0.25, 0.3) is 0 Å². The third kappa shape index (κ3) is 4.49. The van der Waals surface area contributed by atoms with Crippen LogP contribution in [-0.4, -0.2) is 48.2 Å². The largest absolute Gasteiger partial charge is 0.457 e. The molecule has 3 rings (SSSR count). The minimum atomic E-state index is -0.437. The molecule has 1 atom stereocenters. The minimum Gasteiger partial charge on any atom is -0.457 e. The van der Waals surface area contributed by atoms with Crippen LogP contribution in [0.4, 0.5) is 5.69 Å². The first-order chi connectivity index (χ1) is 13.6. The van der Waals surface area contributed by atoms with Gasteiger partial charge in [-0.25, -0.2) is 0 Å². The van der Waals surface area contributed by atoms with Crippen LogP contribution in [-0.2, 0) is 19.1 Å². The first-order valence-electron chi connectivity index (χ1n) is 10.0. The summed E-state index contributed by atoms with van der Waals surface area (Å²) in [6.45, 7) is 8.15. The molecule has 29 heavy (non-hydrogen) atoms. The molecule has 0 bridgehead atoms. The third-order valence-electron chi connectivity index (χ3n) is 5.59. The maximum atomic E-state index is 12.4. The van der Waals surface area contributed by atoms with Crippen molar-refractivity contribution in [1.29, 1.82) is 0 Å². The number of benzene rings is 1. The van der Waals surface area contributed by atoms with E-state index in [0.717, 1.165) is 5.56 Å². The Morgan fingerprint density at radius 2 is 1.83 bits per heavy atom. The van der Waals surface area contributed by atoms with Crippen molar-refractivity contribution < 1.29 is 23.9 Å². The van der Waals surface area contributed by atoms with Crippen LogP contribution in [0.15, 0.2) is 18.2 Å². The Balaban J connectivity index is 1.51. The number of fused-ring (bicyclic) bond motifs is 1. The zero-order valence-electron chi connectivity index (χ0n) is 17.4. The van der Waals surface area contributed by atoms with E-state index in [9.17, 15) is 19.2 Å². The Morgan fingerprint density at radius 3 is 2.45 bits per heavy atom. The van der Waals surface area contributed by atoms with Crippen LogP contribution >= 0.6 is 0 Å². The Labute approximate surface area is 170 Å². The van der Waals surface area contributed by atoms with E-state index >= 15 is 0 Å². The van der Waals surface area contributed by atoms with Gasteiger partial charge in [-0.1, -0.05) is 20.8 Å². The maximum absolute atomic E-state index is 12.4. The molecule has 2 heterocycles. The number of ether oxygens (including phenoxy) is 1. The van der Waals surface area contributed by atoms with Gasteiger partial charge in [-0.15, -0.1) is 0 Å². The summed E-state index contributed by atoms with van der Waals surface area (Å²) >= 11 is 0. The molecule has 7 nitrogen and oxygen atoms in total. The molecule has 2 aliphatic heterocycles. The molecule has 0 unspecified atom stereocenters. The molecule has 0 radical (unpaired) electrons. The lowest BCUT2D eigenvalue weighted by molar-refractivity contribution is -0.152. The highest BCUT2D eigenvalue weighted by atomic mass is 16.5. The van der Waals surface area contributed by atoms with Crippen LogP contribution in [0.5, 0.6) is 0 Å². The highest BCUT2D eigenvalue weighted by Gasteiger charge is 2.33. The number of carbonyl (C=O) groups excluding carboxylic acids is 4. The molecule has 0 aromatic heterocycles. The average molecular weight is 400 g/mol. The van der Waals surface area contributed by atoms with Gasteiger partial charge < -0.3 is 15.0 Å². The van der Waals surface area contributed by atoms with Gasteiger partial charge in [0.05, 0.1) is 11.8 Å². The molecule has 1 aromatic carbocycles. The first-order valence-corrected chi connectivity index (χ1v) is 10.0. The lowest BCUT2D eigenvalue weighted by Gasteiger charge is -2.34. The van der Waals surface area contributed by atoms with E-state index in [2.05, 4.69) is 5.32 Å². The van der Waals surface area contributed by atoms with Crippen LogP contribution in [0.2, 0.25) is 0 Å². The second-order valence-electron chi connectivity index (χ2n) is 8.86. The SMILES string of the molecule is C[C@@H]1C(=O)Nc2ccc(C(=O)COC(=O)C3CCN(C(=O)C(C)(C)C)CC3)cc21. The van der Waals surface area contributed by atoms with E-state index in [4.69, 9.17) is 4.74 Å². The zero-order chi connectivity index (χ0) is 21.3. The van der Waals surface area contributed by atoms with Crippen molar-refractivity contribution in [2.75, 3.05) is 25.0 Å². The van der Waals surface area contributed by atoms with Crippen molar-refractivity contribution in [3.05, 3.63) is 29.3 Å². The predicted molar refractivity (Wildman–Crippen MR) is 108 cm³/mol. The Hall–Kier alpha value is -2.70. The van der Waals surface area contributed by atoms with Crippen molar-refractivity contribution in [3.8, 4) is 0 Å². The molecule has 7 heteroatoms. The standard InChI is InChI=1S/C22H28N2O5/c1-13-16-11-15(5-6-17(16)23-19(13)26)18(25)12-29-20(27)14-7-9-24(10-8-14)21(28)22(2,3)4/h5-6,11,13-14H,7-10,12H2,1-4H3,(H,23,26)/t13-/m0/s1. The topological polar surface area (TPSA) is 92.8 Å². The maximum Gasteiger partial charge on any atom is 0.309 e. The lowest BCUT2D eigenvalue weighted by Crippen LogP contribution is -2.45. The van der Waals surface area contributed by atoms with Crippen LogP contribution in [0, 0.1) is 11.3 Å². The summed E-state index contributed by atoms with van der Waals surface area (Å²) < 4.78 is 5.25. The highest BCUT2D eigenvalue weighted by Crippen LogP contribution is 2.32. The van der Waals surface area contributed by atoms with Gasteiger partial charge in [-0.05, 0) is 43.5 Å². The number of ketones is 1. The summed E-state index contributed by atoms with van der Waals surface area (Å²) in [5.74, 6) is -1.30. The van der Waals surface area contributed by atoms with Gasteiger partial charge in [0.2, 0.25) is 11.8 Å². The number of nitrogens with zero attached hydrogens (tertiary/aromatic N) is 1. The molecule has 2 aliphatic rings. The molecule has 1 fully saturated rings. The summed E-state index contributed by atoms with van der Waals surface area (Å²) in [7, 11) is 0.